The highest BCUT2D eigenvalue weighted by Crippen LogP contribution is 2.29. The van der Waals surface area contributed by atoms with Gasteiger partial charge in [-0.25, -0.2) is 9.48 Å². The number of fused-ring (bicyclic) bond motifs is 1. The first-order valence-corrected chi connectivity index (χ1v) is 8.41. The smallest absolute Gasteiger partial charge is 0.360 e. The standard InChI is InChI=1S/C17H20N4O4/c1-2-23-17(22)13-9-21(20-19-13)12-5-3-11(4-6-12)10-24-14-7-18-8-15-16(14)25-15/h3-6,9,14-16,18H,2,7-8,10H2,1H3/t14-,15-,16-/m0/s1. The second kappa shape index (κ2) is 6.91. The van der Waals surface area contributed by atoms with Gasteiger partial charge in [-0.2, -0.15) is 0 Å². The number of aromatic nitrogens is 3. The van der Waals surface area contributed by atoms with Crippen LogP contribution in [-0.2, 0) is 20.8 Å². The van der Waals surface area contributed by atoms with E-state index in [4.69, 9.17) is 14.2 Å². The Balaban J connectivity index is 1.36. The highest BCUT2D eigenvalue weighted by Gasteiger charge is 2.48. The summed E-state index contributed by atoms with van der Waals surface area (Å²) >= 11 is 0. The zero-order valence-corrected chi connectivity index (χ0v) is 13.9. The number of nitrogens with one attached hydrogen (secondary N) is 1. The van der Waals surface area contributed by atoms with Gasteiger partial charge in [-0.3, -0.25) is 0 Å². The van der Waals surface area contributed by atoms with Gasteiger partial charge in [0.1, 0.15) is 6.10 Å². The van der Waals surface area contributed by atoms with E-state index in [1.807, 2.05) is 24.3 Å². The fourth-order valence-corrected chi connectivity index (χ4v) is 2.92. The minimum absolute atomic E-state index is 0.112. The van der Waals surface area contributed by atoms with Gasteiger partial charge in [-0.05, 0) is 24.6 Å². The molecule has 0 bridgehead atoms. The Kier molecular flexibility index (Phi) is 4.48. The van der Waals surface area contributed by atoms with Crippen molar-refractivity contribution < 1.29 is 19.0 Å². The third-order valence-corrected chi connectivity index (χ3v) is 4.32. The normalized spacial score (nSPS) is 24.6. The van der Waals surface area contributed by atoms with E-state index in [9.17, 15) is 4.79 Å². The van der Waals surface area contributed by atoms with Crippen LogP contribution in [0.2, 0.25) is 0 Å². The van der Waals surface area contributed by atoms with Crippen LogP contribution in [0.25, 0.3) is 5.69 Å². The lowest BCUT2D eigenvalue weighted by Gasteiger charge is -2.20. The van der Waals surface area contributed by atoms with Gasteiger partial charge in [0.15, 0.2) is 5.69 Å². The van der Waals surface area contributed by atoms with Gasteiger partial charge in [-0.15, -0.1) is 5.10 Å². The van der Waals surface area contributed by atoms with Crippen LogP contribution in [0.15, 0.2) is 30.5 Å². The number of hydrogen-bond donors (Lipinski definition) is 1. The van der Waals surface area contributed by atoms with Gasteiger partial charge >= 0.3 is 5.97 Å². The number of hydrogen-bond acceptors (Lipinski definition) is 7. The molecule has 1 aromatic carbocycles. The average molecular weight is 344 g/mol. The van der Waals surface area contributed by atoms with Crippen LogP contribution >= 0.6 is 0 Å². The van der Waals surface area contributed by atoms with Crippen LogP contribution in [0.3, 0.4) is 0 Å². The van der Waals surface area contributed by atoms with Crippen molar-refractivity contribution in [2.75, 3.05) is 19.7 Å². The molecule has 132 valence electrons. The van der Waals surface area contributed by atoms with Crippen molar-refractivity contribution in [2.24, 2.45) is 0 Å². The van der Waals surface area contributed by atoms with Gasteiger partial charge in [0.05, 0.1) is 37.3 Å². The molecular weight excluding hydrogens is 324 g/mol. The number of nitrogens with zero attached hydrogens (tertiary/aromatic N) is 3. The third-order valence-electron chi connectivity index (χ3n) is 4.32. The van der Waals surface area contributed by atoms with E-state index in [2.05, 4.69) is 15.6 Å². The average Bonchev–Trinajstić information content (AvgIpc) is 3.27. The number of rotatable bonds is 6. The molecule has 3 heterocycles. The fourth-order valence-electron chi connectivity index (χ4n) is 2.92. The summed E-state index contributed by atoms with van der Waals surface area (Å²) in [6, 6.07) is 7.78. The number of carbonyl (C=O) groups is 1. The molecule has 0 aliphatic carbocycles. The maximum atomic E-state index is 11.6. The first kappa shape index (κ1) is 16.2. The Hall–Kier alpha value is -2.29. The molecule has 2 aliphatic rings. The summed E-state index contributed by atoms with van der Waals surface area (Å²) in [5.74, 6) is -0.472. The Bertz CT molecular complexity index is 745. The van der Waals surface area contributed by atoms with Crippen LogP contribution in [0.1, 0.15) is 23.0 Å². The number of epoxide rings is 1. The molecule has 4 rings (SSSR count). The number of carbonyl (C=O) groups excluding carboxylic acids is 1. The Labute approximate surface area is 145 Å². The maximum Gasteiger partial charge on any atom is 0.360 e. The van der Waals surface area contributed by atoms with Gasteiger partial charge in [-0.1, -0.05) is 17.3 Å². The summed E-state index contributed by atoms with van der Waals surface area (Å²) in [7, 11) is 0. The van der Waals surface area contributed by atoms with Gasteiger partial charge in [0.25, 0.3) is 0 Å². The molecule has 0 amide bonds. The first-order valence-electron chi connectivity index (χ1n) is 8.41. The van der Waals surface area contributed by atoms with Crippen LogP contribution in [0, 0.1) is 0 Å². The SMILES string of the molecule is CCOC(=O)c1cn(-c2ccc(CO[C@H]3CNC[C@@H]4O[C@@H]34)cc2)nn1. The van der Waals surface area contributed by atoms with Crippen molar-refractivity contribution in [3.05, 3.63) is 41.7 Å². The second-order valence-corrected chi connectivity index (χ2v) is 6.08. The molecule has 2 saturated heterocycles. The van der Waals surface area contributed by atoms with Crippen LogP contribution in [-0.4, -0.2) is 59.0 Å². The Morgan fingerprint density at radius 2 is 2.20 bits per heavy atom. The quantitative estimate of drug-likeness (QED) is 0.609. The van der Waals surface area contributed by atoms with Crippen LogP contribution < -0.4 is 5.32 Å². The highest BCUT2D eigenvalue weighted by molar-refractivity contribution is 5.86. The molecule has 1 aromatic heterocycles. The fraction of sp³-hybridized carbons (Fsp3) is 0.471. The zero-order valence-electron chi connectivity index (χ0n) is 13.9. The number of benzene rings is 1. The second-order valence-electron chi connectivity index (χ2n) is 6.08. The largest absolute Gasteiger partial charge is 0.461 e. The van der Waals surface area contributed by atoms with Crippen molar-refractivity contribution in [1.82, 2.24) is 20.3 Å². The summed E-state index contributed by atoms with van der Waals surface area (Å²) < 4.78 is 18.0. The number of ether oxygens (including phenoxy) is 3. The van der Waals surface area contributed by atoms with E-state index in [0.717, 1.165) is 24.3 Å². The molecule has 25 heavy (non-hydrogen) atoms. The van der Waals surface area contributed by atoms with Crippen LogP contribution in [0.4, 0.5) is 0 Å². The van der Waals surface area contributed by atoms with E-state index in [0.29, 0.717) is 19.3 Å². The topological polar surface area (TPSA) is 90.8 Å². The third kappa shape index (κ3) is 3.55. The molecular formula is C17H20N4O4. The monoisotopic (exact) mass is 344 g/mol. The van der Waals surface area contributed by atoms with Gasteiger partial charge in [0, 0.05) is 13.1 Å². The highest BCUT2D eigenvalue weighted by atomic mass is 16.6. The lowest BCUT2D eigenvalue weighted by molar-refractivity contribution is 0.0211. The minimum Gasteiger partial charge on any atom is -0.461 e. The molecule has 8 heteroatoms. The van der Waals surface area contributed by atoms with E-state index in [1.54, 1.807) is 17.8 Å². The molecule has 2 fully saturated rings. The van der Waals surface area contributed by atoms with Crippen molar-refractivity contribution in [3.8, 4) is 5.69 Å². The summed E-state index contributed by atoms with van der Waals surface area (Å²) in [6.45, 7) is 4.34. The predicted octanol–water partition coefficient (Wildman–Crippen LogP) is 0.700. The Morgan fingerprint density at radius 1 is 1.36 bits per heavy atom. The molecule has 0 radical (unpaired) electrons. The molecule has 8 nitrogen and oxygen atoms in total. The predicted molar refractivity (Wildman–Crippen MR) is 87.4 cm³/mol. The Morgan fingerprint density at radius 3 is 3.00 bits per heavy atom. The number of piperidine rings is 1. The van der Waals surface area contributed by atoms with Crippen molar-refractivity contribution in [1.29, 1.82) is 0 Å². The van der Waals surface area contributed by atoms with Gasteiger partial charge < -0.3 is 19.5 Å². The summed E-state index contributed by atoms with van der Waals surface area (Å²) in [5.41, 5.74) is 2.08. The van der Waals surface area contributed by atoms with E-state index < -0.39 is 5.97 Å². The molecule has 0 spiro atoms. The van der Waals surface area contributed by atoms with Crippen molar-refractivity contribution in [2.45, 2.75) is 31.8 Å². The van der Waals surface area contributed by atoms with Crippen molar-refractivity contribution in [3.63, 3.8) is 0 Å². The first-order chi connectivity index (χ1) is 12.2. The maximum absolute atomic E-state index is 11.6. The molecule has 1 N–H and O–H groups in total. The lowest BCUT2D eigenvalue weighted by atomic mass is 10.1. The molecule has 3 atom stereocenters. The van der Waals surface area contributed by atoms with E-state index in [1.165, 1.54) is 0 Å². The molecule has 0 unspecified atom stereocenters. The minimum atomic E-state index is -0.472. The van der Waals surface area contributed by atoms with Crippen molar-refractivity contribution >= 4 is 5.97 Å². The molecule has 0 saturated carbocycles. The van der Waals surface area contributed by atoms with E-state index in [-0.39, 0.29) is 17.9 Å². The number of esters is 1. The molecule has 2 aliphatic heterocycles. The summed E-state index contributed by atoms with van der Waals surface area (Å²) in [4.78, 5) is 11.6. The summed E-state index contributed by atoms with van der Waals surface area (Å²) in [6.07, 6.45) is 2.24. The zero-order chi connectivity index (χ0) is 17.2. The van der Waals surface area contributed by atoms with E-state index >= 15 is 0 Å². The van der Waals surface area contributed by atoms with Crippen LogP contribution in [0.5, 0.6) is 0 Å². The van der Waals surface area contributed by atoms with Gasteiger partial charge in [0.2, 0.25) is 0 Å². The lowest BCUT2D eigenvalue weighted by Crippen LogP contribution is -2.41. The molecule has 2 aromatic rings. The summed E-state index contributed by atoms with van der Waals surface area (Å²) in [5, 5.41) is 11.1.